The Hall–Kier alpha value is -0.210. The molecule has 3 atom stereocenters. The van der Waals surface area contributed by atoms with Gasteiger partial charge in [-0.15, -0.1) is 0 Å². The van der Waals surface area contributed by atoms with Crippen molar-refractivity contribution in [2.75, 3.05) is 0 Å². The summed E-state index contributed by atoms with van der Waals surface area (Å²) in [7, 11) is 0. The Morgan fingerprint density at radius 2 is 1.62 bits per heavy atom. The summed E-state index contributed by atoms with van der Waals surface area (Å²) in [5.41, 5.74) is -0.382. The quantitative estimate of drug-likeness (QED) is 0.628. The second-order valence-corrected chi connectivity index (χ2v) is 6.34. The van der Waals surface area contributed by atoms with Gasteiger partial charge in [-0.05, 0) is 61.7 Å². The van der Waals surface area contributed by atoms with Crippen LogP contribution in [0.15, 0.2) is 0 Å². The molecule has 4 aliphatic carbocycles. The second kappa shape index (κ2) is 3.17. The molecule has 0 aliphatic heterocycles. The SMILES string of the molecule is CCC12CC3CC(CC(C3)C1C(F)(F)F)C2. The van der Waals surface area contributed by atoms with E-state index in [9.17, 15) is 13.2 Å². The summed E-state index contributed by atoms with van der Waals surface area (Å²) in [5, 5.41) is 0. The molecule has 0 aromatic rings. The summed E-state index contributed by atoms with van der Waals surface area (Å²) in [6.07, 6.45) is 1.36. The molecule has 0 N–H and O–H groups in total. The molecule has 0 amide bonds. The van der Waals surface area contributed by atoms with Crippen molar-refractivity contribution >= 4 is 0 Å². The molecule has 0 radical (unpaired) electrons. The van der Waals surface area contributed by atoms with Crippen LogP contribution in [-0.2, 0) is 0 Å². The third kappa shape index (κ3) is 1.36. The molecule has 0 aromatic carbocycles. The third-order valence-corrected chi connectivity index (χ3v) is 5.52. The first-order valence-corrected chi connectivity index (χ1v) is 6.51. The fraction of sp³-hybridized carbons (Fsp3) is 1.00. The zero-order valence-corrected chi connectivity index (χ0v) is 9.69. The van der Waals surface area contributed by atoms with E-state index in [2.05, 4.69) is 0 Å². The highest BCUT2D eigenvalue weighted by Gasteiger charge is 2.64. The topological polar surface area (TPSA) is 0 Å². The Labute approximate surface area is 94.6 Å². The molecule has 0 spiro atoms. The van der Waals surface area contributed by atoms with Gasteiger partial charge in [0.05, 0.1) is 5.92 Å². The molecule has 0 nitrogen and oxygen atoms in total. The van der Waals surface area contributed by atoms with Crippen molar-refractivity contribution in [2.45, 2.75) is 51.6 Å². The highest BCUT2D eigenvalue weighted by Crippen LogP contribution is 2.67. The van der Waals surface area contributed by atoms with Crippen LogP contribution in [0.2, 0.25) is 0 Å². The lowest BCUT2D eigenvalue weighted by atomic mass is 9.44. The van der Waals surface area contributed by atoms with Crippen molar-refractivity contribution in [3.8, 4) is 0 Å². The van der Waals surface area contributed by atoms with Gasteiger partial charge in [0.15, 0.2) is 0 Å². The van der Waals surface area contributed by atoms with Crippen LogP contribution in [0.4, 0.5) is 13.2 Å². The van der Waals surface area contributed by atoms with Gasteiger partial charge in [0.2, 0.25) is 0 Å². The van der Waals surface area contributed by atoms with Crippen LogP contribution < -0.4 is 0 Å². The minimum atomic E-state index is -3.96. The van der Waals surface area contributed by atoms with Crippen molar-refractivity contribution in [1.82, 2.24) is 0 Å². The number of rotatable bonds is 1. The van der Waals surface area contributed by atoms with Crippen LogP contribution in [0.25, 0.3) is 0 Å². The molecular formula is C13H19F3. The number of hydrogen-bond donors (Lipinski definition) is 0. The molecule has 4 bridgehead atoms. The molecule has 16 heavy (non-hydrogen) atoms. The van der Waals surface area contributed by atoms with Crippen molar-refractivity contribution in [3.05, 3.63) is 0 Å². The molecule has 4 aliphatic rings. The maximum Gasteiger partial charge on any atom is 0.392 e. The molecule has 4 fully saturated rings. The van der Waals surface area contributed by atoms with Gasteiger partial charge < -0.3 is 0 Å². The van der Waals surface area contributed by atoms with Crippen LogP contribution in [0, 0.1) is 29.1 Å². The molecule has 4 rings (SSSR count). The second-order valence-electron chi connectivity index (χ2n) is 6.34. The fourth-order valence-electron chi connectivity index (χ4n) is 5.33. The predicted octanol–water partition coefficient (Wildman–Crippen LogP) is 4.40. The van der Waals surface area contributed by atoms with Crippen molar-refractivity contribution in [2.24, 2.45) is 29.1 Å². The van der Waals surface area contributed by atoms with Crippen molar-refractivity contribution < 1.29 is 13.2 Å². The van der Waals surface area contributed by atoms with E-state index < -0.39 is 12.1 Å². The van der Waals surface area contributed by atoms with Crippen LogP contribution in [0.3, 0.4) is 0 Å². The van der Waals surface area contributed by atoms with Gasteiger partial charge in [0.25, 0.3) is 0 Å². The lowest BCUT2D eigenvalue weighted by Crippen LogP contribution is -2.57. The molecule has 0 aromatic heterocycles. The van der Waals surface area contributed by atoms with Crippen LogP contribution in [0.5, 0.6) is 0 Å². The molecule has 0 saturated heterocycles. The van der Waals surface area contributed by atoms with E-state index in [0.717, 1.165) is 32.1 Å². The third-order valence-electron chi connectivity index (χ3n) is 5.52. The normalized spacial score (nSPS) is 51.0. The van der Waals surface area contributed by atoms with Gasteiger partial charge in [0, 0.05) is 0 Å². The van der Waals surface area contributed by atoms with Crippen LogP contribution in [0.1, 0.15) is 45.4 Å². The first-order chi connectivity index (χ1) is 7.44. The molecule has 3 heteroatoms. The zero-order valence-electron chi connectivity index (χ0n) is 9.69. The van der Waals surface area contributed by atoms with E-state index >= 15 is 0 Å². The summed E-state index contributed by atoms with van der Waals surface area (Å²) in [5.74, 6) is 0.177. The summed E-state index contributed by atoms with van der Waals surface area (Å²) in [6, 6.07) is 0. The summed E-state index contributed by atoms with van der Waals surface area (Å²) in [6.45, 7) is 1.96. The Morgan fingerprint density at radius 1 is 1.06 bits per heavy atom. The maximum atomic E-state index is 13.2. The highest BCUT2D eigenvalue weighted by atomic mass is 19.4. The number of halogens is 3. The molecular weight excluding hydrogens is 213 g/mol. The maximum absolute atomic E-state index is 13.2. The fourth-order valence-corrected chi connectivity index (χ4v) is 5.33. The van der Waals surface area contributed by atoms with E-state index in [1.165, 1.54) is 6.42 Å². The van der Waals surface area contributed by atoms with Gasteiger partial charge in [-0.2, -0.15) is 13.2 Å². The predicted molar refractivity (Wildman–Crippen MR) is 55.8 cm³/mol. The minimum absolute atomic E-state index is 0.0498. The van der Waals surface area contributed by atoms with Gasteiger partial charge >= 0.3 is 6.18 Å². The average molecular weight is 232 g/mol. The van der Waals surface area contributed by atoms with E-state index in [-0.39, 0.29) is 11.3 Å². The van der Waals surface area contributed by atoms with E-state index in [4.69, 9.17) is 0 Å². The lowest BCUT2D eigenvalue weighted by molar-refractivity contribution is -0.269. The molecule has 92 valence electrons. The van der Waals surface area contributed by atoms with Crippen LogP contribution in [-0.4, -0.2) is 6.18 Å². The smallest absolute Gasteiger partial charge is 0.171 e. The monoisotopic (exact) mass is 232 g/mol. The summed E-state index contributed by atoms with van der Waals surface area (Å²) in [4.78, 5) is 0. The van der Waals surface area contributed by atoms with Gasteiger partial charge in [-0.1, -0.05) is 6.92 Å². The highest BCUT2D eigenvalue weighted by molar-refractivity contribution is 5.07. The zero-order chi connectivity index (χ0) is 11.6. The standard InChI is InChI=1S/C13H19F3/c1-2-12-6-8-3-9(7-12)5-10(4-8)11(12)13(14,15)16/h8-11H,2-7H2,1H3. The van der Waals surface area contributed by atoms with E-state index in [0.29, 0.717) is 11.8 Å². The van der Waals surface area contributed by atoms with E-state index in [1.54, 1.807) is 0 Å². The minimum Gasteiger partial charge on any atom is -0.171 e. The van der Waals surface area contributed by atoms with Gasteiger partial charge in [0.1, 0.15) is 0 Å². The van der Waals surface area contributed by atoms with Gasteiger partial charge in [-0.3, -0.25) is 0 Å². The number of hydrogen-bond acceptors (Lipinski definition) is 0. The first-order valence-electron chi connectivity index (χ1n) is 6.51. The molecule has 3 unspecified atom stereocenters. The summed E-state index contributed by atoms with van der Waals surface area (Å²) < 4.78 is 39.7. The first kappa shape index (κ1) is 10.9. The van der Waals surface area contributed by atoms with E-state index in [1.807, 2.05) is 6.92 Å². The molecule has 4 saturated carbocycles. The van der Waals surface area contributed by atoms with Gasteiger partial charge in [-0.25, -0.2) is 0 Å². The Balaban J connectivity index is 1.98. The summed E-state index contributed by atoms with van der Waals surface area (Å²) >= 11 is 0. The molecule has 0 heterocycles. The van der Waals surface area contributed by atoms with Crippen LogP contribution >= 0.6 is 0 Å². The Morgan fingerprint density at radius 3 is 2.06 bits per heavy atom. The number of alkyl halides is 3. The Kier molecular flexibility index (Phi) is 2.16. The lowest BCUT2D eigenvalue weighted by Gasteiger charge is -2.61. The van der Waals surface area contributed by atoms with Crippen molar-refractivity contribution in [3.63, 3.8) is 0 Å². The Bertz CT molecular complexity index is 280. The van der Waals surface area contributed by atoms with Crippen molar-refractivity contribution in [1.29, 1.82) is 0 Å². The largest absolute Gasteiger partial charge is 0.392 e. The average Bonchev–Trinajstić information content (AvgIpc) is 2.13.